The van der Waals surface area contributed by atoms with Crippen molar-refractivity contribution in [2.24, 2.45) is 0 Å². The highest BCUT2D eigenvalue weighted by Gasteiger charge is 2.12. The lowest BCUT2D eigenvalue weighted by atomic mass is 10.2. The van der Waals surface area contributed by atoms with Crippen LogP contribution in [-0.4, -0.2) is 31.8 Å². The van der Waals surface area contributed by atoms with E-state index in [0.717, 1.165) is 39.2 Å². The van der Waals surface area contributed by atoms with Crippen molar-refractivity contribution in [2.75, 3.05) is 5.32 Å². The number of nitrogens with one attached hydrogen (secondary N) is 1. The minimum Gasteiger partial charge on any atom is -0.491 e. The monoisotopic (exact) mass is 407 g/mol. The first kappa shape index (κ1) is 19.1. The molecule has 0 aliphatic carbocycles. The molecule has 0 spiro atoms. The number of nitrogens with zero attached hydrogens (tertiary/aromatic N) is 4. The molecule has 1 amide bonds. The van der Waals surface area contributed by atoms with Crippen molar-refractivity contribution >= 4 is 27.9 Å². The third kappa shape index (κ3) is 4.12. The van der Waals surface area contributed by atoms with Gasteiger partial charge in [0.1, 0.15) is 10.8 Å². The largest absolute Gasteiger partial charge is 0.491 e. The number of aromatic nitrogens is 4. The fourth-order valence-corrected chi connectivity index (χ4v) is 3.71. The molecule has 29 heavy (non-hydrogen) atoms. The van der Waals surface area contributed by atoms with E-state index < -0.39 is 0 Å². The number of aryl methyl sites for hydroxylation is 1. The number of carbonyl (C=O) groups is 1. The Morgan fingerprint density at radius 3 is 2.48 bits per heavy atom. The van der Waals surface area contributed by atoms with E-state index >= 15 is 0 Å². The molecule has 4 rings (SSSR count). The highest BCUT2D eigenvalue weighted by molar-refractivity contribution is 7.19. The zero-order valence-corrected chi connectivity index (χ0v) is 17.2. The van der Waals surface area contributed by atoms with Crippen LogP contribution in [0.25, 0.3) is 15.5 Å². The van der Waals surface area contributed by atoms with Crippen molar-refractivity contribution in [2.45, 2.75) is 33.3 Å². The highest BCUT2D eigenvalue weighted by atomic mass is 32.1. The molecule has 2 aromatic heterocycles. The van der Waals surface area contributed by atoms with E-state index in [2.05, 4.69) is 20.6 Å². The SMILES string of the molecule is CCc1nnc2sc(-c3ccc(NC(=O)c4ccc(OC(C)C)cc4)cc3)nn12. The molecule has 0 radical (unpaired) electrons. The quantitative estimate of drug-likeness (QED) is 0.510. The maximum atomic E-state index is 12.5. The maximum Gasteiger partial charge on any atom is 0.255 e. The molecule has 0 atom stereocenters. The topological polar surface area (TPSA) is 81.4 Å². The van der Waals surface area contributed by atoms with Crippen LogP contribution in [0, 0.1) is 0 Å². The molecule has 0 saturated carbocycles. The predicted octanol–water partition coefficient (Wildman–Crippen LogP) is 4.45. The first-order valence-corrected chi connectivity index (χ1v) is 10.2. The summed E-state index contributed by atoms with van der Waals surface area (Å²) in [5.74, 6) is 1.42. The zero-order chi connectivity index (χ0) is 20.4. The summed E-state index contributed by atoms with van der Waals surface area (Å²) in [6.07, 6.45) is 0.875. The van der Waals surface area contributed by atoms with Gasteiger partial charge in [-0.1, -0.05) is 18.3 Å². The number of carbonyl (C=O) groups excluding carboxylic acids is 1. The average Bonchev–Trinajstić information content (AvgIpc) is 3.29. The first-order valence-electron chi connectivity index (χ1n) is 9.43. The molecule has 2 heterocycles. The Hall–Kier alpha value is -3.26. The molecule has 0 aliphatic heterocycles. The summed E-state index contributed by atoms with van der Waals surface area (Å²) in [7, 11) is 0. The highest BCUT2D eigenvalue weighted by Crippen LogP contribution is 2.27. The van der Waals surface area contributed by atoms with Gasteiger partial charge in [0.2, 0.25) is 4.96 Å². The van der Waals surface area contributed by atoms with Crippen molar-refractivity contribution in [1.82, 2.24) is 19.8 Å². The lowest BCUT2D eigenvalue weighted by Crippen LogP contribution is -2.12. The Morgan fingerprint density at radius 2 is 1.83 bits per heavy atom. The van der Waals surface area contributed by atoms with Gasteiger partial charge in [-0.15, -0.1) is 10.2 Å². The summed E-state index contributed by atoms with van der Waals surface area (Å²) in [4.78, 5) is 13.3. The van der Waals surface area contributed by atoms with E-state index in [1.807, 2.05) is 45.0 Å². The van der Waals surface area contributed by atoms with Gasteiger partial charge in [-0.25, -0.2) is 0 Å². The van der Waals surface area contributed by atoms with Crippen molar-refractivity contribution < 1.29 is 9.53 Å². The molecule has 0 unspecified atom stereocenters. The predicted molar refractivity (Wildman–Crippen MR) is 114 cm³/mol. The lowest BCUT2D eigenvalue weighted by Gasteiger charge is -2.10. The van der Waals surface area contributed by atoms with E-state index in [4.69, 9.17) is 4.74 Å². The fourth-order valence-electron chi connectivity index (χ4n) is 2.85. The second kappa shape index (κ2) is 8.00. The molecule has 8 heteroatoms. The molecule has 2 aromatic carbocycles. The van der Waals surface area contributed by atoms with Crippen LogP contribution in [0.3, 0.4) is 0 Å². The Labute approximate surface area is 172 Å². The van der Waals surface area contributed by atoms with E-state index in [1.54, 1.807) is 28.8 Å². The Bertz CT molecular complexity index is 1130. The van der Waals surface area contributed by atoms with Crippen LogP contribution in [-0.2, 0) is 6.42 Å². The summed E-state index contributed by atoms with van der Waals surface area (Å²) < 4.78 is 7.39. The van der Waals surface area contributed by atoms with Crippen LogP contribution in [0.4, 0.5) is 5.69 Å². The maximum absolute atomic E-state index is 12.5. The average molecular weight is 407 g/mol. The molecule has 148 valence electrons. The summed E-state index contributed by atoms with van der Waals surface area (Å²) >= 11 is 1.49. The number of hydrogen-bond acceptors (Lipinski definition) is 6. The van der Waals surface area contributed by atoms with Crippen LogP contribution in [0.1, 0.15) is 37.0 Å². The van der Waals surface area contributed by atoms with Crippen molar-refractivity contribution in [3.8, 4) is 16.3 Å². The first-order chi connectivity index (χ1) is 14.0. The fraction of sp³-hybridized carbons (Fsp3) is 0.238. The van der Waals surface area contributed by atoms with E-state index in [9.17, 15) is 4.79 Å². The van der Waals surface area contributed by atoms with Crippen LogP contribution in [0.15, 0.2) is 48.5 Å². The molecule has 4 aromatic rings. The standard InChI is InChI=1S/C21H21N5O2S/c1-4-18-23-24-21-26(18)25-20(29-21)15-5-9-16(10-6-15)22-19(27)14-7-11-17(12-8-14)28-13(2)3/h5-13H,4H2,1-3H3,(H,22,27). The summed E-state index contributed by atoms with van der Waals surface area (Å²) in [6.45, 7) is 5.96. The minimum absolute atomic E-state index is 0.0973. The van der Waals surface area contributed by atoms with Gasteiger partial charge >= 0.3 is 0 Å². The molecular formula is C21H21N5O2S. The number of hydrogen-bond donors (Lipinski definition) is 1. The molecule has 0 bridgehead atoms. The minimum atomic E-state index is -0.166. The van der Waals surface area contributed by atoms with Crippen LogP contribution in [0.5, 0.6) is 5.75 Å². The number of ether oxygens (including phenoxy) is 1. The Kier molecular flexibility index (Phi) is 5.26. The normalized spacial score (nSPS) is 11.2. The zero-order valence-electron chi connectivity index (χ0n) is 16.4. The molecule has 7 nitrogen and oxygen atoms in total. The lowest BCUT2D eigenvalue weighted by molar-refractivity contribution is 0.102. The summed E-state index contributed by atoms with van der Waals surface area (Å²) in [5, 5.41) is 16.6. The van der Waals surface area contributed by atoms with Gasteiger partial charge in [0.25, 0.3) is 5.91 Å². The van der Waals surface area contributed by atoms with Gasteiger partial charge in [-0.05, 0) is 62.4 Å². The number of fused-ring (bicyclic) bond motifs is 1. The number of rotatable bonds is 6. The molecule has 0 fully saturated rings. The molecule has 0 aliphatic rings. The Morgan fingerprint density at radius 1 is 1.10 bits per heavy atom. The molecule has 0 saturated heterocycles. The van der Waals surface area contributed by atoms with Gasteiger partial charge in [0, 0.05) is 23.2 Å². The van der Waals surface area contributed by atoms with Crippen molar-refractivity contribution in [3.05, 3.63) is 59.9 Å². The second-order valence-electron chi connectivity index (χ2n) is 6.79. The van der Waals surface area contributed by atoms with E-state index in [-0.39, 0.29) is 12.0 Å². The van der Waals surface area contributed by atoms with Gasteiger partial charge in [0.15, 0.2) is 5.82 Å². The molecule has 1 N–H and O–H groups in total. The van der Waals surface area contributed by atoms with Gasteiger partial charge < -0.3 is 10.1 Å². The summed E-state index contributed by atoms with van der Waals surface area (Å²) in [5.41, 5.74) is 2.26. The second-order valence-corrected chi connectivity index (χ2v) is 7.75. The van der Waals surface area contributed by atoms with Crippen molar-refractivity contribution in [3.63, 3.8) is 0 Å². The van der Waals surface area contributed by atoms with Crippen LogP contribution in [0.2, 0.25) is 0 Å². The smallest absolute Gasteiger partial charge is 0.255 e. The van der Waals surface area contributed by atoms with Crippen LogP contribution < -0.4 is 10.1 Å². The Balaban J connectivity index is 1.46. The number of benzene rings is 2. The van der Waals surface area contributed by atoms with Gasteiger partial charge in [0.05, 0.1) is 6.10 Å². The van der Waals surface area contributed by atoms with Gasteiger partial charge in [-0.3, -0.25) is 4.79 Å². The van der Waals surface area contributed by atoms with Gasteiger partial charge in [-0.2, -0.15) is 9.61 Å². The number of amides is 1. The van der Waals surface area contributed by atoms with Crippen LogP contribution >= 0.6 is 11.3 Å². The van der Waals surface area contributed by atoms with E-state index in [1.165, 1.54) is 11.3 Å². The van der Waals surface area contributed by atoms with Crippen molar-refractivity contribution in [1.29, 1.82) is 0 Å². The third-order valence-electron chi connectivity index (χ3n) is 4.25. The molecular weight excluding hydrogens is 386 g/mol. The third-order valence-corrected chi connectivity index (χ3v) is 5.20. The summed E-state index contributed by atoms with van der Waals surface area (Å²) in [6, 6.07) is 14.7. The number of anilines is 1. The van der Waals surface area contributed by atoms with E-state index in [0.29, 0.717) is 5.56 Å².